The van der Waals surface area contributed by atoms with Gasteiger partial charge in [-0.1, -0.05) is 54.6 Å². The summed E-state index contributed by atoms with van der Waals surface area (Å²) in [6.07, 6.45) is 5.60. The largest absolute Gasteiger partial charge is 0.352 e. The van der Waals surface area contributed by atoms with Crippen LogP contribution in [0.2, 0.25) is 0 Å². The molecule has 0 saturated carbocycles. The van der Waals surface area contributed by atoms with Crippen molar-refractivity contribution >= 4 is 29.9 Å². The zero-order valence-electron chi connectivity index (χ0n) is 15.7. The number of imidazole rings is 1. The van der Waals surface area contributed by atoms with Crippen LogP contribution in [0.25, 0.3) is 0 Å². The van der Waals surface area contributed by atoms with Gasteiger partial charge in [-0.3, -0.25) is 4.99 Å². The Balaban J connectivity index is 0.00000261. The van der Waals surface area contributed by atoms with Gasteiger partial charge in [-0.05, 0) is 23.6 Å². The Morgan fingerprint density at radius 3 is 2.41 bits per heavy atom. The number of halogens is 1. The Bertz CT molecular complexity index is 814. The lowest BCUT2D eigenvalue weighted by molar-refractivity contribution is 0.685. The Morgan fingerprint density at radius 1 is 1.07 bits per heavy atom. The SMILES string of the molecule is CN=C(NCc1ccc(Cn2ccnc2)cc1)NC(C)c1ccccc1.I. The van der Waals surface area contributed by atoms with E-state index in [1.165, 1.54) is 16.7 Å². The molecule has 0 fully saturated rings. The number of rotatable bonds is 6. The molecule has 1 unspecified atom stereocenters. The second-order valence-corrected chi connectivity index (χ2v) is 6.25. The molecule has 142 valence electrons. The van der Waals surface area contributed by atoms with Crippen LogP contribution < -0.4 is 10.6 Å². The maximum Gasteiger partial charge on any atom is 0.191 e. The van der Waals surface area contributed by atoms with Crippen molar-refractivity contribution < 1.29 is 0 Å². The van der Waals surface area contributed by atoms with Crippen LogP contribution in [0.4, 0.5) is 0 Å². The van der Waals surface area contributed by atoms with Crippen molar-refractivity contribution in [3.8, 4) is 0 Å². The maximum atomic E-state index is 4.32. The van der Waals surface area contributed by atoms with Crippen LogP contribution in [0, 0.1) is 0 Å². The van der Waals surface area contributed by atoms with E-state index in [4.69, 9.17) is 0 Å². The molecule has 2 aromatic carbocycles. The van der Waals surface area contributed by atoms with E-state index in [9.17, 15) is 0 Å². The number of hydrogen-bond acceptors (Lipinski definition) is 2. The van der Waals surface area contributed by atoms with Crippen molar-refractivity contribution in [2.24, 2.45) is 4.99 Å². The quantitative estimate of drug-likeness (QED) is 0.322. The smallest absolute Gasteiger partial charge is 0.191 e. The van der Waals surface area contributed by atoms with E-state index in [0.717, 1.165) is 19.0 Å². The highest BCUT2D eigenvalue weighted by Gasteiger charge is 2.07. The van der Waals surface area contributed by atoms with E-state index in [1.807, 2.05) is 18.6 Å². The van der Waals surface area contributed by atoms with Gasteiger partial charge < -0.3 is 15.2 Å². The average Bonchev–Trinajstić information content (AvgIpc) is 3.20. The lowest BCUT2D eigenvalue weighted by atomic mass is 10.1. The second kappa shape index (κ2) is 10.7. The van der Waals surface area contributed by atoms with Gasteiger partial charge >= 0.3 is 0 Å². The summed E-state index contributed by atoms with van der Waals surface area (Å²) in [6, 6.07) is 19.2. The van der Waals surface area contributed by atoms with Crippen LogP contribution in [0.5, 0.6) is 0 Å². The van der Waals surface area contributed by atoms with Crippen molar-refractivity contribution in [3.05, 3.63) is 90.0 Å². The number of nitrogens with one attached hydrogen (secondary N) is 2. The molecule has 5 nitrogen and oxygen atoms in total. The summed E-state index contributed by atoms with van der Waals surface area (Å²) in [7, 11) is 1.79. The highest BCUT2D eigenvalue weighted by Crippen LogP contribution is 2.11. The molecule has 3 rings (SSSR count). The van der Waals surface area contributed by atoms with Crippen molar-refractivity contribution in [2.75, 3.05) is 7.05 Å². The van der Waals surface area contributed by atoms with Crippen LogP contribution in [0.15, 0.2) is 78.3 Å². The minimum Gasteiger partial charge on any atom is -0.352 e. The number of hydrogen-bond donors (Lipinski definition) is 2. The molecule has 6 heteroatoms. The van der Waals surface area contributed by atoms with Gasteiger partial charge in [-0.2, -0.15) is 0 Å². The molecule has 3 aromatic rings. The molecule has 0 saturated heterocycles. The Kier molecular flexibility index (Phi) is 8.32. The van der Waals surface area contributed by atoms with E-state index in [1.54, 1.807) is 13.2 Å². The van der Waals surface area contributed by atoms with Gasteiger partial charge in [0.05, 0.1) is 12.4 Å². The average molecular weight is 475 g/mol. The third-order valence-electron chi connectivity index (χ3n) is 4.28. The summed E-state index contributed by atoms with van der Waals surface area (Å²) in [5, 5.41) is 6.80. The molecule has 0 spiro atoms. The van der Waals surface area contributed by atoms with Crippen LogP contribution in [-0.4, -0.2) is 22.6 Å². The minimum atomic E-state index is 0. The molecule has 1 heterocycles. The Labute approximate surface area is 178 Å². The molecule has 0 aliphatic heterocycles. The third kappa shape index (κ3) is 6.39. The highest BCUT2D eigenvalue weighted by atomic mass is 127. The molecular weight excluding hydrogens is 449 g/mol. The van der Waals surface area contributed by atoms with Crippen LogP contribution in [0.3, 0.4) is 0 Å². The van der Waals surface area contributed by atoms with Crippen molar-refractivity contribution in [3.63, 3.8) is 0 Å². The maximum absolute atomic E-state index is 4.32. The van der Waals surface area contributed by atoms with Gasteiger partial charge in [-0.25, -0.2) is 4.98 Å². The summed E-state index contributed by atoms with van der Waals surface area (Å²) < 4.78 is 2.06. The van der Waals surface area contributed by atoms with E-state index >= 15 is 0 Å². The van der Waals surface area contributed by atoms with E-state index in [-0.39, 0.29) is 30.0 Å². The van der Waals surface area contributed by atoms with Gasteiger partial charge in [0, 0.05) is 32.5 Å². The van der Waals surface area contributed by atoms with Gasteiger partial charge in [0.15, 0.2) is 5.96 Å². The summed E-state index contributed by atoms with van der Waals surface area (Å²) in [5.41, 5.74) is 3.71. The summed E-state index contributed by atoms with van der Waals surface area (Å²) in [4.78, 5) is 8.39. The number of aliphatic imine (C=N–C) groups is 1. The van der Waals surface area contributed by atoms with E-state index in [0.29, 0.717) is 0 Å². The van der Waals surface area contributed by atoms with Crippen molar-refractivity contribution in [1.82, 2.24) is 20.2 Å². The number of aromatic nitrogens is 2. The number of nitrogens with zero attached hydrogens (tertiary/aromatic N) is 3. The molecule has 0 aliphatic rings. The van der Waals surface area contributed by atoms with Gasteiger partial charge in [0.1, 0.15) is 0 Å². The topological polar surface area (TPSA) is 54.2 Å². The fourth-order valence-corrected chi connectivity index (χ4v) is 2.76. The van der Waals surface area contributed by atoms with Gasteiger partial charge in [0.25, 0.3) is 0 Å². The van der Waals surface area contributed by atoms with E-state index in [2.05, 4.69) is 80.6 Å². The first kappa shape index (κ1) is 21.0. The first-order valence-corrected chi connectivity index (χ1v) is 8.80. The Morgan fingerprint density at radius 2 is 1.78 bits per heavy atom. The zero-order valence-corrected chi connectivity index (χ0v) is 18.0. The van der Waals surface area contributed by atoms with Gasteiger partial charge in [-0.15, -0.1) is 24.0 Å². The van der Waals surface area contributed by atoms with Crippen LogP contribution in [-0.2, 0) is 13.1 Å². The summed E-state index contributed by atoms with van der Waals surface area (Å²) in [5.74, 6) is 0.795. The second-order valence-electron chi connectivity index (χ2n) is 6.25. The van der Waals surface area contributed by atoms with E-state index < -0.39 is 0 Å². The summed E-state index contributed by atoms with van der Waals surface area (Å²) in [6.45, 7) is 3.70. The van der Waals surface area contributed by atoms with Crippen LogP contribution >= 0.6 is 24.0 Å². The monoisotopic (exact) mass is 475 g/mol. The lowest BCUT2D eigenvalue weighted by Crippen LogP contribution is -2.38. The minimum absolute atomic E-state index is 0. The number of benzene rings is 2. The molecule has 0 aliphatic carbocycles. The molecule has 1 aromatic heterocycles. The standard InChI is InChI=1S/C21H25N5.HI/c1-17(20-6-4-3-5-7-20)25-21(22-2)24-14-18-8-10-19(11-9-18)15-26-13-12-23-16-26;/h3-13,16-17H,14-15H2,1-2H3,(H2,22,24,25);1H. The highest BCUT2D eigenvalue weighted by molar-refractivity contribution is 14.0. The fourth-order valence-electron chi connectivity index (χ4n) is 2.76. The predicted octanol–water partition coefficient (Wildman–Crippen LogP) is 3.98. The normalized spacial score (nSPS) is 12.1. The van der Waals surface area contributed by atoms with Crippen molar-refractivity contribution in [2.45, 2.75) is 26.1 Å². The first-order chi connectivity index (χ1) is 12.7. The molecule has 0 radical (unpaired) electrons. The molecule has 27 heavy (non-hydrogen) atoms. The predicted molar refractivity (Wildman–Crippen MR) is 121 cm³/mol. The molecule has 0 bridgehead atoms. The molecule has 1 atom stereocenters. The van der Waals surface area contributed by atoms with Gasteiger partial charge in [0.2, 0.25) is 0 Å². The lowest BCUT2D eigenvalue weighted by Gasteiger charge is -2.18. The third-order valence-corrected chi connectivity index (χ3v) is 4.28. The number of guanidine groups is 1. The molecule has 2 N–H and O–H groups in total. The molecular formula is C21H26IN5. The Hall–Kier alpha value is -2.35. The summed E-state index contributed by atoms with van der Waals surface area (Å²) >= 11 is 0. The zero-order chi connectivity index (χ0) is 18.2. The fraction of sp³-hybridized carbons (Fsp3) is 0.238. The van der Waals surface area contributed by atoms with Crippen molar-refractivity contribution in [1.29, 1.82) is 0 Å². The van der Waals surface area contributed by atoms with Crippen LogP contribution in [0.1, 0.15) is 29.7 Å². The molecule has 0 amide bonds. The first-order valence-electron chi connectivity index (χ1n) is 8.80.